The minimum Gasteiger partial charge on any atom is -0.376 e. The molecule has 1 rings (SSSR count). The van der Waals surface area contributed by atoms with Gasteiger partial charge in [-0.25, -0.2) is 0 Å². The SMILES string of the molecule is CCN(CC1CCCO1)C(=O)CCC(C)CCN. The molecule has 1 aliphatic rings. The lowest BCUT2D eigenvalue weighted by Crippen LogP contribution is -2.37. The van der Waals surface area contributed by atoms with Crippen LogP contribution in [0.3, 0.4) is 0 Å². The minimum atomic E-state index is 0.260. The van der Waals surface area contributed by atoms with Crippen molar-refractivity contribution < 1.29 is 9.53 Å². The zero-order valence-electron chi connectivity index (χ0n) is 11.9. The maximum atomic E-state index is 12.1. The van der Waals surface area contributed by atoms with Gasteiger partial charge in [-0.05, 0) is 45.1 Å². The Morgan fingerprint density at radius 2 is 2.28 bits per heavy atom. The summed E-state index contributed by atoms with van der Waals surface area (Å²) in [6.45, 7) is 7.31. The second-order valence-corrected chi connectivity index (χ2v) is 5.29. The van der Waals surface area contributed by atoms with Gasteiger partial charge in [-0.3, -0.25) is 4.79 Å². The van der Waals surface area contributed by atoms with Crippen LogP contribution in [-0.4, -0.2) is 43.2 Å². The van der Waals surface area contributed by atoms with Crippen LogP contribution < -0.4 is 5.73 Å². The predicted molar refractivity (Wildman–Crippen MR) is 73.3 cm³/mol. The number of hydrogen-bond acceptors (Lipinski definition) is 3. The first kappa shape index (κ1) is 15.4. The zero-order chi connectivity index (χ0) is 13.4. The molecule has 4 heteroatoms. The normalized spacial score (nSPS) is 20.9. The molecule has 18 heavy (non-hydrogen) atoms. The molecule has 0 bridgehead atoms. The summed E-state index contributed by atoms with van der Waals surface area (Å²) in [5.74, 6) is 0.803. The van der Waals surface area contributed by atoms with Crippen molar-refractivity contribution in [1.29, 1.82) is 0 Å². The Kier molecular flexibility index (Phi) is 7.28. The lowest BCUT2D eigenvalue weighted by atomic mass is 10.0. The van der Waals surface area contributed by atoms with Gasteiger partial charge in [0.2, 0.25) is 5.91 Å². The molecule has 0 radical (unpaired) electrons. The Hall–Kier alpha value is -0.610. The molecule has 2 atom stereocenters. The lowest BCUT2D eigenvalue weighted by molar-refractivity contribution is -0.132. The number of amides is 1. The summed E-state index contributed by atoms with van der Waals surface area (Å²) in [7, 11) is 0. The summed E-state index contributed by atoms with van der Waals surface area (Å²) in [5.41, 5.74) is 5.52. The Morgan fingerprint density at radius 1 is 1.50 bits per heavy atom. The van der Waals surface area contributed by atoms with Gasteiger partial charge < -0.3 is 15.4 Å². The van der Waals surface area contributed by atoms with Crippen molar-refractivity contribution in [2.24, 2.45) is 11.7 Å². The van der Waals surface area contributed by atoms with Gasteiger partial charge in [0, 0.05) is 26.1 Å². The Labute approximate surface area is 111 Å². The number of carbonyl (C=O) groups excluding carboxylic acids is 1. The lowest BCUT2D eigenvalue weighted by Gasteiger charge is -2.24. The maximum Gasteiger partial charge on any atom is 0.222 e. The Bertz CT molecular complexity index is 240. The van der Waals surface area contributed by atoms with E-state index in [1.54, 1.807) is 0 Å². The number of ether oxygens (including phenoxy) is 1. The topological polar surface area (TPSA) is 55.6 Å². The number of nitrogens with zero attached hydrogens (tertiary/aromatic N) is 1. The minimum absolute atomic E-state index is 0.260. The number of hydrogen-bond donors (Lipinski definition) is 1. The van der Waals surface area contributed by atoms with Crippen LogP contribution in [0.5, 0.6) is 0 Å². The highest BCUT2D eigenvalue weighted by molar-refractivity contribution is 5.76. The van der Waals surface area contributed by atoms with Gasteiger partial charge >= 0.3 is 0 Å². The van der Waals surface area contributed by atoms with Gasteiger partial charge in [0.1, 0.15) is 0 Å². The van der Waals surface area contributed by atoms with Gasteiger partial charge in [-0.1, -0.05) is 6.92 Å². The van der Waals surface area contributed by atoms with E-state index in [1.807, 2.05) is 11.8 Å². The van der Waals surface area contributed by atoms with Crippen LogP contribution in [0.4, 0.5) is 0 Å². The molecule has 0 aromatic rings. The number of carbonyl (C=O) groups is 1. The monoisotopic (exact) mass is 256 g/mol. The fourth-order valence-corrected chi connectivity index (χ4v) is 2.40. The van der Waals surface area contributed by atoms with Crippen LogP contribution in [0.15, 0.2) is 0 Å². The molecular weight excluding hydrogens is 228 g/mol. The Morgan fingerprint density at radius 3 is 2.83 bits per heavy atom. The van der Waals surface area contributed by atoms with E-state index in [-0.39, 0.29) is 12.0 Å². The van der Waals surface area contributed by atoms with Crippen molar-refractivity contribution in [3.8, 4) is 0 Å². The molecule has 1 aliphatic heterocycles. The molecule has 1 heterocycles. The highest BCUT2D eigenvalue weighted by atomic mass is 16.5. The van der Waals surface area contributed by atoms with E-state index in [0.29, 0.717) is 18.9 Å². The Balaban J connectivity index is 2.27. The third-order valence-corrected chi connectivity index (χ3v) is 3.69. The van der Waals surface area contributed by atoms with Crippen molar-refractivity contribution in [1.82, 2.24) is 4.90 Å². The van der Waals surface area contributed by atoms with Crippen molar-refractivity contribution in [3.05, 3.63) is 0 Å². The second-order valence-electron chi connectivity index (χ2n) is 5.29. The van der Waals surface area contributed by atoms with E-state index in [1.165, 1.54) is 0 Å². The number of nitrogens with two attached hydrogens (primary N) is 1. The number of rotatable bonds is 8. The summed E-state index contributed by atoms with van der Waals surface area (Å²) in [4.78, 5) is 14.0. The van der Waals surface area contributed by atoms with E-state index in [0.717, 1.165) is 45.4 Å². The molecule has 2 N–H and O–H groups in total. The maximum absolute atomic E-state index is 12.1. The van der Waals surface area contributed by atoms with Crippen molar-refractivity contribution >= 4 is 5.91 Å². The molecule has 4 nitrogen and oxygen atoms in total. The van der Waals surface area contributed by atoms with E-state index in [9.17, 15) is 4.79 Å². The predicted octanol–water partition coefficient (Wildman–Crippen LogP) is 1.78. The van der Waals surface area contributed by atoms with Crippen LogP contribution in [0.1, 0.15) is 46.0 Å². The molecule has 0 aromatic heterocycles. The highest BCUT2D eigenvalue weighted by Gasteiger charge is 2.21. The summed E-state index contributed by atoms with van der Waals surface area (Å²) in [6, 6.07) is 0. The van der Waals surface area contributed by atoms with E-state index < -0.39 is 0 Å². The third kappa shape index (κ3) is 5.36. The first-order chi connectivity index (χ1) is 8.67. The van der Waals surface area contributed by atoms with Gasteiger partial charge in [-0.15, -0.1) is 0 Å². The summed E-state index contributed by atoms with van der Waals surface area (Å²) >= 11 is 0. The first-order valence-electron chi connectivity index (χ1n) is 7.26. The summed E-state index contributed by atoms with van der Waals surface area (Å²) in [6.07, 6.45) is 5.07. The molecule has 1 fully saturated rings. The van der Waals surface area contributed by atoms with Gasteiger partial charge in [-0.2, -0.15) is 0 Å². The summed E-state index contributed by atoms with van der Waals surface area (Å²) in [5, 5.41) is 0. The molecule has 1 saturated heterocycles. The molecule has 0 aliphatic carbocycles. The smallest absolute Gasteiger partial charge is 0.222 e. The number of likely N-dealkylation sites (N-methyl/N-ethyl adjacent to an activating group) is 1. The quantitative estimate of drug-likeness (QED) is 0.720. The molecule has 0 saturated carbocycles. The fourth-order valence-electron chi connectivity index (χ4n) is 2.40. The molecule has 0 aromatic carbocycles. The van der Waals surface area contributed by atoms with Crippen molar-refractivity contribution in [2.45, 2.75) is 52.1 Å². The average Bonchev–Trinajstić information content (AvgIpc) is 2.86. The van der Waals surface area contributed by atoms with Gasteiger partial charge in [0.25, 0.3) is 0 Å². The standard InChI is InChI=1S/C14H28N2O2/c1-3-16(11-13-5-4-10-18-13)14(17)7-6-12(2)8-9-15/h12-13H,3-11,15H2,1-2H3. The summed E-state index contributed by atoms with van der Waals surface area (Å²) < 4.78 is 5.59. The van der Waals surface area contributed by atoms with Crippen LogP contribution >= 0.6 is 0 Å². The van der Waals surface area contributed by atoms with Crippen molar-refractivity contribution in [2.75, 3.05) is 26.2 Å². The average molecular weight is 256 g/mol. The van der Waals surface area contributed by atoms with Crippen LogP contribution in [0.25, 0.3) is 0 Å². The fraction of sp³-hybridized carbons (Fsp3) is 0.929. The van der Waals surface area contributed by atoms with E-state index in [4.69, 9.17) is 10.5 Å². The molecule has 0 spiro atoms. The van der Waals surface area contributed by atoms with Gasteiger partial charge in [0.15, 0.2) is 0 Å². The zero-order valence-corrected chi connectivity index (χ0v) is 11.9. The van der Waals surface area contributed by atoms with E-state index in [2.05, 4.69) is 6.92 Å². The first-order valence-corrected chi connectivity index (χ1v) is 7.26. The second kappa shape index (κ2) is 8.48. The van der Waals surface area contributed by atoms with Crippen LogP contribution in [0, 0.1) is 5.92 Å². The molecule has 106 valence electrons. The molecule has 2 unspecified atom stereocenters. The van der Waals surface area contributed by atoms with Crippen LogP contribution in [0.2, 0.25) is 0 Å². The molecular formula is C14H28N2O2. The third-order valence-electron chi connectivity index (χ3n) is 3.69. The largest absolute Gasteiger partial charge is 0.376 e. The van der Waals surface area contributed by atoms with Gasteiger partial charge in [0.05, 0.1) is 6.10 Å². The van der Waals surface area contributed by atoms with Crippen molar-refractivity contribution in [3.63, 3.8) is 0 Å². The molecule has 1 amide bonds. The highest BCUT2D eigenvalue weighted by Crippen LogP contribution is 2.15. The van der Waals surface area contributed by atoms with E-state index >= 15 is 0 Å². The van der Waals surface area contributed by atoms with Crippen LogP contribution in [-0.2, 0) is 9.53 Å².